The summed E-state index contributed by atoms with van der Waals surface area (Å²) in [4.78, 5) is 22.8. The van der Waals surface area contributed by atoms with Gasteiger partial charge < -0.3 is 9.47 Å². The number of benzene rings is 1. The molecule has 4 heteroatoms. The van der Waals surface area contributed by atoms with Gasteiger partial charge in [0.25, 0.3) is 0 Å². The quantitative estimate of drug-likeness (QED) is 0.593. The highest BCUT2D eigenvalue weighted by Gasteiger charge is 2.31. The molecule has 1 fully saturated rings. The maximum atomic E-state index is 11.5. The Hall–Kier alpha value is -1.84. The van der Waals surface area contributed by atoms with Crippen LogP contribution in [0.4, 0.5) is 0 Å². The highest BCUT2D eigenvalue weighted by Crippen LogP contribution is 2.31. The number of hydrogen-bond donors (Lipinski definition) is 0. The third-order valence-electron chi connectivity index (χ3n) is 2.97. The summed E-state index contributed by atoms with van der Waals surface area (Å²) in [6.07, 6.45) is 1.84. The predicted octanol–water partition coefficient (Wildman–Crippen LogP) is 2.35. The van der Waals surface area contributed by atoms with Gasteiger partial charge in [-0.05, 0) is 38.0 Å². The third kappa shape index (κ3) is 2.88. The molecule has 96 valence electrons. The fourth-order valence-electron chi connectivity index (χ4n) is 1.70. The Balaban J connectivity index is 2.10. The summed E-state index contributed by atoms with van der Waals surface area (Å²) in [6, 6.07) is 5.13. The number of carbonyl (C=O) groups excluding carboxylic acids is 2. The van der Waals surface area contributed by atoms with Crippen molar-refractivity contribution in [2.45, 2.75) is 26.4 Å². The van der Waals surface area contributed by atoms with Gasteiger partial charge in [-0.3, -0.25) is 9.59 Å². The molecule has 1 aromatic rings. The highest BCUT2D eigenvalue weighted by atomic mass is 16.5. The van der Waals surface area contributed by atoms with Gasteiger partial charge in [-0.15, -0.1) is 0 Å². The minimum Gasteiger partial charge on any atom is -0.496 e. The lowest BCUT2D eigenvalue weighted by molar-refractivity contribution is -0.146. The van der Waals surface area contributed by atoms with Crippen LogP contribution in [-0.4, -0.2) is 18.9 Å². The Labute approximate surface area is 106 Å². The number of Topliss-reactive ketones (excluding diaryl/α,β-unsaturated/α-hetero) is 1. The lowest BCUT2D eigenvalue weighted by Gasteiger charge is -2.10. The molecule has 0 aromatic heterocycles. The summed E-state index contributed by atoms with van der Waals surface area (Å²) in [5, 5.41) is 0. The van der Waals surface area contributed by atoms with E-state index in [-0.39, 0.29) is 24.3 Å². The molecule has 0 heterocycles. The third-order valence-corrected chi connectivity index (χ3v) is 2.97. The van der Waals surface area contributed by atoms with E-state index in [4.69, 9.17) is 9.47 Å². The number of carbonyl (C=O) groups is 2. The van der Waals surface area contributed by atoms with Crippen LogP contribution >= 0.6 is 0 Å². The van der Waals surface area contributed by atoms with Gasteiger partial charge in [0.1, 0.15) is 12.4 Å². The number of esters is 1. The second-order valence-electron chi connectivity index (χ2n) is 4.46. The molecule has 0 aliphatic heterocycles. The van der Waals surface area contributed by atoms with Crippen molar-refractivity contribution in [1.29, 1.82) is 0 Å². The number of methoxy groups -OCH3 is 1. The van der Waals surface area contributed by atoms with Gasteiger partial charge in [-0.1, -0.05) is 0 Å². The monoisotopic (exact) mass is 248 g/mol. The molecule has 1 saturated carbocycles. The number of rotatable bonds is 5. The van der Waals surface area contributed by atoms with Gasteiger partial charge in [-0.25, -0.2) is 0 Å². The molecule has 18 heavy (non-hydrogen) atoms. The first-order valence-electron chi connectivity index (χ1n) is 5.96. The molecule has 0 atom stereocenters. The summed E-state index contributed by atoms with van der Waals surface area (Å²) in [7, 11) is 1.55. The molecule has 0 saturated heterocycles. The fraction of sp³-hybridized carbons (Fsp3) is 0.429. The molecule has 1 aliphatic rings. The highest BCUT2D eigenvalue weighted by molar-refractivity contribution is 5.94. The van der Waals surface area contributed by atoms with Crippen molar-refractivity contribution in [2.24, 2.45) is 5.92 Å². The van der Waals surface area contributed by atoms with Crippen molar-refractivity contribution in [2.75, 3.05) is 7.11 Å². The first kappa shape index (κ1) is 12.6. The van der Waals surface area contributed by atoms with E-state index < -0.39 is 0 Å². The molecular weight excluding hydrogens is 232 g/mol. The smallest absolute Gasteiger partial charge is 0.309 e. The molecule has 2 rings (SSSR count). The van der Waals surface area contributed by atoms with E-state index in [9.17, 15) is 9.59 Å². The van der Waals surface area contributed by atoms with Gasteiger partial charge >= 0.3 is 5.97 Å². The number of ketones is 1. The van der Waals surface area contributed by atoms with Crippen molar-refractivity contribution >= 4 is 11.8 Å². The largest absolute Gasteiger partial charge is 0.496 e. The van der Waals surface area contributed by atoms with Crippen molar-refractivity contribution in [3.63, 3.8) is 0 Å². The summed E-state index contributed by atoms with van der Waals surface area (Å²) in [5.74, 6) is 0.522. The van der Waals surface area contributed by atoms with Crippen LogP contribution in [0.5, 0.6) is 5.75 Å². The Kier molecular flexibility index (Phi) is 3.65. The Morgan fingerprint density at radius 2 is 2.06 bits per heavy atom. The number of hydrogen-bond acceptors (Lipinski definition) is 4. The summed E-state index contributed by atoms with van der Waals surface area (Å²) in [5.41, 5.74) is 1.31. The van der Waals surface area contributed by atoms with Gasteiger partial charge in [0.2, 0.25) is 0 Å². The molecule has 0 unspecified atom stereocenters. The normalized spacial score (nSPS) is 14.1. The first-order valence-corrected chi connectivity index (χ1v) is 5.96. The summed E-state index contributed by atoms with van der Waals surface area (Å²) in [6.45, 7) is 1.65. The second kappa shape index (κ2) is 5.21. The molecule has 1 aromatic carbocycles. The van der Waals surface area contributed by atoms with Crippen LogP contribution in [0.3, 0.4) is 0 Å². The first-order chi connectivity index (χ1) is 8.61. The second-order valence-corrected chi connectivity index (χ2v) is 4.46. The average molecular weight is 248 g/mol. The van der Waals surface area contributed by atoms with Crippen LogP contribution in [0.15, 0.2) is 18.2 Å². The zero-order chi connectivity index (χ0) is 13.1. The molecule has 0 radical (unpaired) electrons. The van der Waals surface area contributed by atoms with E-state index >= 15 is 0 Å². The van der Waals surface area contributed by atoms with Crippen LogP contribution in [0, 0.1) is 5.92 Å². The van der Waals surface area contributed by atoms with Crippen molar-refractivity contribution < 1.29 is 19.1 Å². The Bertz CT molecular complexity index is 475. The van der Waals surface area contributed by atoms with Crippen LogP contribution in [0.25, 0.3) is 0 Å². The molecular formula is C14H16O4. The van der Waals surface area contributed by atoms with Crippen LogP contribution in [0.2, 0.25) is 0 Å². The maximum absolute atomic E-state index is 11.5. The zero-order valence-corrected chi connectivity index (χ0v) is 10.6. The lowest BCUT2D eigenvalue weighted by atomic mass is 10.1. The predicted molar refractivity (Wildman–Crippen MR) is 65.5 cm³/mol. The molecule has 0 spiro atoms. The lowest BCUT2D eigenvalue weighted by Crippen LogP contribution is -2.07. The molecule has 4 nitrogen and oxygen atoms in total. The van der Waals surface area contributed by atoms with E-state index in [0.29, 0.717) is 11.3 Å². The van der Waals surface area contributed by atoms with E-state index in [2.05, 4.69) is 0 Å². The topological polar surface area (TPSA) is 52.6 Å². The van der Waals surface area contributed by atoms with Gasteiger partial charge in [-0.2, -0.15) is 0 Å². The minimum absolute atomic E-state index is 0.0209. The van der Waals surface area contributed by atoms with Crippen LogP contribution in [-0.2, 0) is 16.1 Å². The van der Waals surface area contributed by atoms with E-state index in [0.717, 1.165) is 18.4 Å². The summed E-state index contributed by atoms with van der Waals surface area (Å²) < 4.78 is 10.4. The van der Waals surface area contributed by atoms with E-state index in [1.165, 1.54) is 6.92 Å². The van der Waals surface area contributed by atoms with Crippen molar-refractivity contribution in [3.05, 3.63) is 29.3 Å². The van der Waals surface area contributed by atoms with Crippen LogP contribution in [0.1, 0.15) is 35.7 Å². The SMILES string of the molecule is COc1ccc(C(C)=O)cc1COC(=O)C1CC1. The van der Waals surface area contributed by atoms with Gasteiger partial charge in [0, 0.05) is 11.1 Å². The number of ether oxygens (including phenoxy) is 2. The van der Waals surface area contributed by atoms with E-state index in [1.54, 1.807) is 25.3 Å². The van der Waals surface area contributed by atoms with E-state index in [1.807, 2.05) is 0 Å². The Morgan fingerprint density at radius 3 is 2.61 bits per heavy atom. The minimum atomic E-state index is -0.162. The van der Waals surface area contributed by atoms with Crippen molar-refractivity contribution in [3.8, 4) is 5.75 Å². The summed E-state index contributed by atoms with van der Waals surface area (Å²) >= 11 is 0. The zero-order valence-electron chi connectivity index (χ0n) is 10.6. The fourth-order valence-corrected chi connectivity index (χ4v) is 1.70. The molecule has 0 amide bonds. The molecule has 0 N–H and O–H groups in total. The molecule has 1 aliphatic carbocycles. The standard InChI is InChI=1S/C14H16O4/c1-9(15)11-5-6-13(17-2)12(7-11)8-18-14(16)10-3-4-10/h5-7,10H,3-4,8H2,1-2H3. The molecule has 0 bridgehead atoms. The van der Waals surface area contributed by atoms with Crippen molar-refractivity contribution in [1.82, 2.24) is 0 Å². The Morgan fingerprint density at radius 1 is 1.33 bits per heavy atom. The maximum Gasteiger partial charge on any atom is 0.309 e. The van der Waals surface area contributed by atoms with Gasteiger partial charge in [0.05, 0.1) is 13.0 Å². The average Bonchev–Trinajstić information content (AvgIpc) is 3.19. The van der Waals surface area contributed by atoms with Gasteiger partial charge in [0.15, 0.2) is 5.78 Å². The van der Waals surface area contributed by atoms with Crippen LogP contribution < -0.4 is 4.74 Å².